The van der Waals surface area contributed by atoms with E-state index in [1.807, 2.05) is 0 Å². The molecule has 0 radical (unpaired) electrons. The van der Waals surface area contributed by atoms with Crippen molar-refractivity contribution in [2.45, 2.75) is 58.0 Å². The van der Waals surface area contributed by atoms with Crippen LogP contribution in [-0.2, 0) is 0 Å². The van der Waals surface area contributed by atoms with E-state index in [1.165, 1.54) is 19.3 Å². The molecule has 2 nitrogen and oxygen atoms in total. The van der Waals surface area contributed by atoms with E-state index >= 15 is 0 Å². The van der Waals surface area contributed by atoms with E-state index in [4.69, 9.17) is 5.73 Å². The Hall–Kier alpha value is -0.0800. The molecule has 0 spiro atoms. The molecule has 1 rings (SSSR count). The summed E-state index contributed by atoms with van der Waals surface area (Å²) >= 11 is 0. The summed E-state index contributed by atoms with van der Waals surface area (Å²) in [4.78, 5) is 0. The molecule has 13 heavy (non-hydrogen) atoms. The van der Waals surface area contributed by atoms with Crippen molar-refractivity contribution >= 4 is 0 Å². The molecule has 0 aliphatic heterocycles. The maximum absolute atomic E-state index is 10.0. The van der Waals surface area contributed by atoms with Gasteiger partial charge in [-0.05, 0) is 19.3 Å². The Bertz CT molecular complexity index is 141. The first-order chi connectivity index (χ1) is 6.25. The van der Waals surface area contributed by atoms with Crippen LogP contribution in [0.25, 0.3) is 0 Å². The Kier molecular flexibility index (Phi) is 4.20. The van der Waals surface area contributed by atoms with Gasteiger partial charge in [0, 0.05) is 12.0 Å². The van der Waals surface area contributed by atoms with E-state index in [2.05, 4.69) is 6.92 Å². The first kappa shape index (κ1) is 11.0. The number of hydrogen-bond donors (Lipinski definition) is 2. The average Bonchev–Trinajstić information content (AvgIpc) is 2.19. The molecule has 1 aliphatic rings. The van der Waals surface area contributed by atoms with E-state index < -0.39 is 0 Å². The van der Waals surface area contributed by atoms with Gasteiger partial charge in [0.25, 0.3) is 0 Å². The summed E-state index contributed by atoms with van der Waals surface area (Å²) in [5, 5.41) is 10.0. The van der Waals surface area contributed by atoms with Crippen molar-refractivity contribution in [3.05, 3.63) is 0 Å². The molecule has 3 N–H and O–H groups in total. The Morgan fingerprint density at radius 3 is 2.38 bits per heavy atom. The predicted molar refractivity (Wildman–Crippen MR) is 55.5 cm³/mol. The van der Waals surface area contributed by atoms with Crippen molar-refractivity contribution in [1.82, 2.24) is 0 Å². The van der Waals surface area contributed by atoms with E-state index in [0.717, 1.165) is 25.7 Å². The van der Waals surface area contributed by atoms with Gasteiger partial charge in [-0.2, -0.15) is 0 Å². The van der Waals surface area contributed by atoms with E-state index in [9.17, 15) is 5.11 Å². The maximum atomic E-state index is 10.0. The second kappa shape index (κ2) is 4.97. The van der Waals surface area contributed by atoms with Crippen molar-refractivity contribution in [1.29, 1.82) is 0 Å². The summed E-state index contributed by atoms with van der Waals surface area (Å²) < 4.78 is 0. The maximum Gasteiger partial charge on any atom is 0.0608 e. The highest BCUT2D eigenvalue weighted by Gasteiger charge is 2.36. The highest BCUT2D eigenvalue weighted by Crippen LogP contribution is 2.39. The quantitative estimate of drug-likeness (QED) is 0.704. The topological polar surface area (TPSA) is 46.2 Å². The smallest absolute Gasteiger partial charge is 0.0608 e. The molecule has 0 bridgehead atoms. The van der Waals surface area contributed by atoms with Gasteiger partial charge in [-0.15, -0.1) is 0 Å². The first-order valence-electron chi connectivity index (χ1n) is 5.63. The van der Waals surface area contributed by atoms with Crippen LogP contribution in [0, 0.1) is 5.41 Å². The van der Waals surface area contributed by atoms with Crippen molar-refractivity contribution in [3.63, 3.8) is 0 Å². The van der Waals surface area contributed by atoms with Crippen LogP contribution in [0.4, 0.5) is 0 Å². The zero-order valence-electron chi connectivity index (χ0n) is 8.76. The lowest BCUT2D eigenvalue weighted by atomic mass is 9.69. The molecule has 1 saturated carbocycles. The zero-order chi connectivity index (χ0) is 9.73. The van der Waals surface area contributed by atoms with E-state index in [0.29, 0.717) is 6.54 Å². The summed E-state index contributed by atoms with van der Waals surface area (Å²) in [7, 11) is 0. The third-order valence-corrected chi connectivity index (χ3v) is 3.52. The van der Waals surface area contributed by atoms with Gasteiger partial charge in [-0.3, -0.25) is 0 Å². The fourth-order valence-corrected chi connectivity index (χ4v) is 2.51. The van der Waals surface area contributed by atoms with Crippen LogP contribution < -0.4 is 5.73 Å². The highest BCUT2D eigenvalue weighted by molar-refractivity contribution is 4.89. The minimum atomic E-state index is -0.164. The van der Waals surface area contributed by atoms with E-state index in [-0.39, 0.29) is 11.5 Å². The van der Waals surface area contributed by atoms with Gasteiger partial charge in [0.05, 0.1) is 6.10 Å². The van der Waals surface area contributed by atoms with Gasteiger partial charge < -0.3 is 10.8 Å². The van der Waals surface area contributed by atoms with Gasteiger partial charge in [0.2, 0.25) is 0 Å². The SMILES string of the molecule is CCCC(O)C1(CN)CCCCC1. The summed E-state index contributed by atoms with van der Waals surface area (Å²) in [6.07, 6.45) is 7.88. The molecule has 2 heteroatoms. The number of aliphatic hydroxyl groups is 1. The van der Waals surface area contributed by atoms with Crippen LogP contribution in [0.1, 0.15) is 51.9 Å². The molecule has 1 fully saturated rings. The zero-order valence-corrected chi connectivity index (χ0v) is 8.76. The lowest BCUT2D eigenvalue weighted by Crippen LogP contribution is -2.43. The third kappa shape index (κ3) is 2.44. The highest BCUT2D eigenvalue weighted by atomic mass is 16.3. The number of nitrogens with two attached hydrogens (primary N) is 1. The molecule has 0 amide bonds. The van der Waals surface area contributed by atoms with Crippen LogP contribution in [0.3, 0.4) is 0 Å². The van der Waals surface area contributed by atoms with Gasteiger partial charge in [-0.25, -0.2) is 0 Å². The molecule has 0 heterocycles. The lowest BCUT2D eigenvalue weighted by Gasteiger charge is -2.40. The Labute approximate surface area is 81.5 Å². The largest absolute Gasteiger partial charge is 0.393 e. The minimum absolute atomic E-state index is 0.0638. The monoisotopic (exact) mass is 185 g/mol. The molecular weight excluding hydrogens is 162 g/mol. The summed E-state index contributed by atoms with van der Waals surface area (Å²) in [6, 6.07) is 0. The number of aliphatic hydroxyl groups excluding tert-OH is 1. The van der Waals surface area contributed by atoms with Crippen LogP contribution in [0.15, 0.2) is 0 Å². The van der Waals surface area contributed by atoms with Gasteiger partial charge in [0.1, 0.15) is 0 Å². The second-order valence-corrected chi connectivity index (χ2v) is 4.43. The fourth-order valence-electron chi connectivity index (χ4n) is 2.51. The number of rotatable bonds is 4. The van der Waals surface area contributed by atoms with Gasteiger partial charge in [-0.1, -0.05) is 32.6 Å². The fraction of sp³-hybridized carbons (Fsp3) is 1.00. The Balaban J connectivity index is 2.55. The Morgan fingerprint density at radius 2 is 1.92 bits per heavy atom. The molecule has 0 aromatic heterocycles. The second-order valence-electron chi connectivity index (χ2n) is 4.43. The predicted octanol–water partition coefficient (Wildman–Crippen LogP) is 2.06. The van der Waals surface area contributed by atoms with Crippen molar-refractivity contribution in [3.8, 4) is 0 Å². The molecule has 78 valence electrons. The summed E-state index contributed by atoms with van der Waals surface area (Å²) in [6.45, 7) is 2.78. The van der Waals surface area contributed by atoms with Crippen molar-refractivity contribution < 1.29 is 5.11 Å². The van der Waals surface area contributed by atoms with Gasteiger partial charge >= 0.3 is 0 Å². The van der Waals surface area contributed by atoms with Gasteiger partial charge in [0.15, 0.2) is 0 Å². The standard InChI is InChI=1S/C11H23NO/c1-2-6-10(13)11(9-12)7-4-3-5-8-11/h10,13H,2-9,12H2,1H3. The molecule has 1 atom stereocenters. The Morgan fingerprint density at radius 1 is 1.31 bits per heavy atom. The third-order valence-electron chi connectivity index (χ3n) is 3.52. The molecular formula is C11H23NO. The van der Waals surface area contributed by atoms with Crippen LogP contribution >= 0.6 is 0 Å². The minimum Gasteiger partial charge on any atom is -0.393 e. The summed E-state index contributed by atoms with van der Waals surface area (Å²) in [5.41, 5.74) is 5.87. The van der Waals surface area contributed by atoms with Crippen molar-refractivity contribution in [2.75, 3.05) is 6.54 Å². The van der Waals surface area contributed by atoms with Crippen molar-refractivity contribution in [2.24, 2.45) is 11.1 Å². The number of hydrogen-bond acceptors (Lipinski definition) is 2. The van der Waals surface area contributed by atoms with E-state index in [1.54, 1.807) is 0 Å². The van der Waals surface area contributed by atoms with Crippen LogP contribution in [0.5, 0.6) is 0 Å². The lowest BCUT2D eigenvalue weighted by molar-refractivity contribution is -0.00322. The molecule has 1 aliphatic carbocycles. The van der Waals surface area contributed by atoms with Crippen LogP contribution in [0.2, 0.25) is 0 Å². The summed E-state index contributed by atoms with van der Waals surface area (Å²) in [5.74, 6) is 0. The molecule has 1 unspecified atom stereocenters. The molecule has 0 saturated heterocycles. The molecule has 0 aromatic carbocycles. The average molecular weight is 185 g/mol. The normalized spacial score (nSPS) is 24.2. The molecule has 0 aromatic rings. The van der Waals surface area contributed by atoms with Crippen LogP contribution in [-0.4, -0.2) is 17.8 Å². The first-order valence-corrected chi connectivity index (χ1v) is 5.63.